The number of aromatic nitrogens is 2. The van der Waals surface area contributed by atoms with Crippen LogP contribution in [0.2, 0.25) is 0 Å². The number of rotatable bonds is 3. The summed E-state index contributed by atoms with van der Waals surface area (Å²) in [5.41, 5.74) is 1.63. The minimum atomic E-state index is -4.31. The van der Waals surface area contributed by atoms with Gasteiger partial charge >= 0.3 is 6.18 Å². The summed E-state index contributed by atoms with van der Waals surface area (Å²) in [5, 5.41) is 0. The summed E-state index contributed by atoms with van der Waals surface area (Å²) in [6.45, 7) is 0. The number of methoxy groups -OCH3 is 1. The third-order valence-corrected chi connectivity index (χ3v) is 3.38. The average Bonchev–Trinajstić information content (AvgIpc) is 2.89. The highest BCUT2D eigenvalue weighted by molar-refractivity contribution is 5.44. The summed E-state index contributed by atoms with van der Waals surface area (Å²) in [4.78, 5) is 4.45. The quantitative estimate of drug-likeness (QED) is 0.732. The molecule has 0 aliphatic carbocycles. The van der Waals surface area contributed by atoms with Crippen LogP contribution in [0.15, 0.2) is 48.7 Å². The Kier molecular flexibility index (Phi) is 3.52. The molecule has 0 saturated heterocycles. The maximum absolute atomic E-state index is 12.5. The highest BCUT2D eigenvalue weighted by Gasteiger charge is 2.29. The Hall–Kier alpha value is -2.50. The third-order valence-electron chi connectivity index (χ3n) is 3.38. The Bertz CT molecular complexity index is 791. The van der Waals surface area contributed by atoms with Crippen molar-refractivity contribution >= 4 is 5.65 Å². The summed E-state index contributed by atoms with van der Waals surface area (Å²) >= 11 is 0. The lowest BCUT2D eigenvalue weighted by Crippen LogP contribution is -2.04. The van der Waals surface area contributed by atoms with Gasteiger partial charge in [-0.2, -0.15) is 13.2 Å². The van der Waals surface area contributed by atoms with E-state index >= 15 is 0 Å². The van der Waals surface area contributed by atoms with Crippen molar-refractivity contribution in [2.75, 3.05) is 7.11 Å². The van der Waals surface area contributed by atoms with Gasteiger partial charge in [-0.25, -0.2) is 4.98 Å². The fourth-order valence-corrected chi connectivity index (χ4v) is 2.31. The van der Waals surface area contributed by atoms with Crippen molar-refractivity contribution in [3.63, 3.8) is 0 Å². The van der Waals surface area contributed by atoms with Gasteiger partial charge in [-0.05, 0) is 29.8 Å². The van der Waals surface area contributed by atoms with Crippen LogP contribution in [-0.2, 0) is 12.6 Å². The van der Waals surface area contributed by atoms with Crippen LogP contribution in [0.25, 0.3) is 5.65 Å². The van der Waals surface area contributed by atoms with Crippen LogP contribution in [0.5, 0.6) is 5.88 Å². The maximum Gasteiger partial charge on any atom is 0.416 e. The molecule has 0 radical (unpaired) electrons. The minimum Gasteiger partial charge on any atom is -0.482 e. The number of benzene rings is 1. The van der Waals surface area contributed by atoms with Gasteiger partial charge in [-0.15, -0.1) is 0 Å². The molecule has 3 aromatic rings. The van der Waals surface area contributed by atoms with Crippen LogP contribution in [0.4, 0.5) is 13.2 Å². The standard InChI is InChI=1S/C16H13F3N2O/c1-22-15-4-2-3-14-20-13(10-21(14)15)9-11-5-7-12(8-6-11)16(17,18)19/h2-8,10H,9H2,1H3. The Labute approximate surface area is 125 Å². The second-order valence-electron chi connectivity index (χ2n) is 4.90. The highest BCUT2D eigenvalue weighted by Crippen LogP contribution is 2.29. The number of imidazole rings is 1. The SMILES string of the molecule is COc1cccc2nc(Cc3ccc(C(F)(F)F)cc3)cn12. The smallest absolute Gasteiger partial charge is 0.416 e. The molecule has 1 aromatic carbocycles. The normalized spacial score (nSPS) is 11.8. The van der Waals surface area contributed by atoms with Crippen LogP contribution in [0.1, 0.15) is 16.8 Å². The monoisotopic (exact) mass is 306 g/mol. The van der Waals surface area contributed by atoms with Crippen LogP contribution >= 0.6 is 0 Å². The molecule has 0 spiro atoms. The number of alkyl halides is 3. The fourth-order valence-electron chi connectivity index (χ4n) is 2.31. The van der Waals surface area contributed by atoms with E-state index in [4.69, 9.17) is 4.74 Å². The van der Waals surface area contributed by atoms with Crippen molar-refractivity contribution in [3.05, 3.63) is 65.5 Å². The lowest BCUT2D eigenvalue weighted by atomic mass is 10.1. The number of fused-ring (bicyclic) bond motifs is 1. The molecule has 0 saturated carbocycles. The molecule has 0 amide bonds. The first-order valence-corrected chi connectivity index (χ1v) is 6.64. The van der Waals surface area contributed by atoms with Gasteiger partial charge in [-0.1, -0.05) is 18.2 Å². The molecule has 0 atom stereocenters. The fraction of sp³-hybridized carbons (Fsp3) is 0.188. The van der Waals surface area contributed by atoms with Crippen LogP contribution < -0.4 is 4.74 Å². The van der Waals surface area contributed by atoms with Gasteiger partial charge in [0.2, 0.25) is 0 Å². The summed E-state index contributed by atoms with van der Waals surface area (Å²) in [5.74, 6) is 0.656. The van der Waals surface area contributed by atoms with Gasteiger partial charge in [0, 0.05) is 12.6 Å². The zero-order valence-electron chi connectivity index (χ0n) is 11.8. The molecule has 0 unspecified atom stereocenters. The topological polar surface area (TPSA) is 26.5 Å². The van der Waals surface area contributed by atoms with Crippen molar-refractivity contribution in [1.29, 1.82) is 0 Å². The molecule has 0 fully saturated rings. The number of nitrogens with zero attached hydrogens (tertiary/aromatic N) is 2. The number of pyridine rings is 1. The predicted molar refractivity (Wildman–Crippen MR) is 76.0 cm³/mol. The van der Waals surface area contributed by atoms with Gasteiger partial charge in [0.1, 0.15) is 5.65 Å². The summed E-state index contributed by atoms with van der Waals surface area (Å²) in [7, 11) is 1.57. The molecule has 3 nitrogen and oxygen atoms in total. The first-order valence-electron chi connectivity index (χ1n) is 6.64. The molecule has 0 aliphatic rings. The molecule has 0 N–H and O–H groups in total. The van der Waals surface area contributed by atoms with E-state index in [1.807, 2.05) is 24.4 Å². The average molecular weight is 306 g/mol. The largest absolute Gasteiger partial charge is 0.482 e. The molecule has 22 heavy (non-hydrogen) atoms. The van der Waals surface area contributed by atoms with Crippen LogP contribution in [0, 0.1) is 0 Å². The molecule has 2 aromatic heterocycles. The van der Waals surface area contributed by atoms with Crippen molar-refractivity contribution in [3.8, 4) is 5.88 Å². The lowest BCUT2D eigenvalue weighted by Gasteiger charge is -2.06. The van der Waals surface area contributed by atoms with Crippen molar-refractivity contribution in [2.24, 2.45) is 0 Å². The first kappa shape index (κ1) is 14.4. The highest BCUT2D eigenvalue weighted by atomic mass is 19.4. The van der Waals surface area contributed by atoms with E-state index in [0.29, 0.717) is 12.3 Å². The number of hydrogen-bond acceptors (Lipinski definition) is 2. The van der Waals surface area contributed by atoms with E-state index in [2.05, 4.69) is 4.98 Å². The summed E-state index contributed by atoms with van der Waals surface area (Å²) in [6, 6.07) is 10.6. The Morgan fingerprint density at radius 3 is 2.45 bits per heavy atom. The third kappa shape index (κ3) is 2.77. The van der Waals surface area contributed by atoms with E-state index in [1.165, 1.54) is 12.1 Å². The minimum absolute atomic E-state index is 0.461. The maximum atomic E-state index is 12.5. The van der Waals surface area contributed by atoms with Gasteiger partial charge < -0.3 is 4.74 Å². The van der Waals surface area contributed by atoms with E-state index in [0.717, 1.165) is 29.0 Å². The van der Waals surface area contributed by atoms with Crippen LogP contribution in [0.3, 0.4) is 0 Å². The molecule has 0 aliphatic heterocycles. The zero-order chi connectivity index (χ0) is 15.7. The van der Waals surface area contributed by atoms with Crippen LogP contribution in [-0.4, -0.2) is 16.5 Å². The number of ether oxygens (including phenoxy) is 1. The van der Waals surface area contributed by atoms with Crippen molar-refractivity contribution in [1.82, 2.24) is 9.38 Å². The van der Waals surface area contributed by atoms with E-state index in [-0.39, 0.29) is 0 Å². The summed E-state index contributed by atoms with van der Waals surface area (Å²) < 4.78 is 44.7. The second-order valence-corrected chi connectivity index (χ2v) is 4.90. The van der Waals surface area contributed by atoms with E-state index < -0.39 is 11.7 Å². The van der Waals surface area contributed by atoms with Gasteiger partial charge in [0.05, 0.1) is 18.4 Å². The second kappa shape index (κ2) is 5.36. The molecule has 0 bridgehead atoms. The molecule has 3 rings (SSSR count). The van der Waals surface area contributed by atoms with E-state index in [9.17, 15) is 13.2 Å². The lowest BCUT2D eigenvalue weighted by molar-refractivity contribution is -0.137. The van der Waals surface area contributed by atoms with Gasteiger partial charge in [-0.3, -0.25) is 4.40 Å². The van der Waals surface area contributed by atoms with Crippen molar-refractivity contribution in [2.45, 2.75) is 12.6 Å². The molecular weight excluding hydrogens is 293 g/mol. The molecule has 6 heteroatoms. The van der Waals surface area contributed by atoms with Crippen molar-refractivity contribution < 1.29 is 17.9 Å². The molecular formula is C16H13F3N2O. The van der Waals surface area contributed by atoms with E-state index in [1.54, 1.807) is 11.5 Å². The predicted octanol–water partition coefficient (Wildman–Crippen LogP) is 3.95. The molecule has 114 valence electrons. The zero-order valence-corrected chi connectivity index (χ0v) is 11.8. The number of hydrogen-bond donors (Lipinski definition) is 0. The Morgan fingerprint density at radius 1 is 1.09 bits per heavy atom. The number of halogens is 3. The summed E-state index contributed by atoms with van der Waals surface area (Å²) in [6.07, 6.45) is -2.02. The molecule has 2 heterocycles. The van der Waals surface area contributed by atoms with Gasteiger partial charge in [0.25, 0.3) is 0 Å². The van der Waals surface area contributed by atoms with Gasteiger partial charge in [0.15, 0.2) is 5.88 Å². The Morgan fingerprint density at radius 2 is 1.82 bits per heavy atom. The Balaban J connectivity index is 1.87. The first-order chi connectivity index (χ1) is 10.5.